The third-order valence-corrected chi connectivity index (χ3v) is 3.58. The second-order valence-electron chi connectivity index (χ2n) is 5.86. The summed E-state index contributed by atoms with van der Waals surface area (Å²) in [7, 11) is 0. The lowest BCUT2D eigenvalue weighted by Gasteiger charge is -2.27. The van der Waals surface area contributed by atoms with Crippen molar-refractivity contribution in [2.45, 2.75) is 58.4 Å². The Morgan fingerprint density at radius 3 is 2.41 bits per heavy atom. The standard InChI is InChI=1S/C13H26N2O.ClH/c1-10(8-11-6-4-5-7-11)12(16)15-13(2,3)9-14;/h10-11H,4-9,14H2,1-3H3,(H,15,16);1H. The second-order valence-corrected chi connectivity index (χ2v) is 5.86. The highest BCUT2D eigenvalue weighted by Gasteiger charge is 2.25. The summed E-state index contributed by atoms with van der Waals surface area (Å²) in [5.41, 5.74) is 5.33. The van der Waals surface area contributed by atoms with Crippen LogP contribution in [0.4, 0.5) is 0 Å². The summed E-state index contributed by atoms with van der Waals surface area (Å²) in [6.07, 6.45) is 6.32. The number of rotatable bonds is 5. The largest absolute Gasteiger partial charge is 0.350 e. The predicted octanol–water partition coefficient (Wildman–Crippen LogP) is 2.48. The topological polar surface area (TPSA) is 55.1 Å². The highest BCUT2D eigenvalue weighted by atomic mass is 35.5. The monoisotopic (exact) mass is 262 g/mol. The van der Waals surface area contributed by atoms with Gasteiger partial charge < -0.3 is 11.1 Å². The van der Waals surface area contributed by atoms with Gasteiger partial charge in [-0.2, -0.15) is 0 Å². The first-order chi connectivity index (χ1) is 7.44. The third-order valence-electron chi connectivity index (χ3n) is 3.58. The molecule has 3 N–H and O–H groups in total. The molecule has 1 atom stereocenters. The van der Waals surface area contributed by atoms with Crippen LogP contribution in [0.1, 0.15) is 52.9 Å². The van der Waals surface area contributed by atoms with E-state index >= 15 is 0 Å². The molecule has 0 spiro atoms. The van der Waals surface area contributed by atoms with Gasteiger partial charge in [0.2, 0.25) is 5.91 Å². The van der Waals surface area contributed by atoms with Gasteiger partial charge in [0, 0.05) is 18.0 Å². The van der Waals surface area contributed by atoms with Crippen molar-refractivity contribution in [3.05, 3.63) is 0 Å². The normalized spacial score (nSPS) is 18.6. The van der Waals surface area contributed by atoms with Crippen molar-refractivity contribution in [3.8, 4) is 0 Å². The van der Waals surface area contributed by atoms with Crippen LogP contribution in [-0.4, -0.2) is 18.0 Å². The molecule has 1 rings (SSSR count). The molecule has 4 heteroatoms. The van der Waals surface area contributed by atoms with Crippen molar-refractivity contribution in [2.24, 2.45) is 17.6 Å². The first-order valence-electron chi connectivity index (χ1n) is 6.46. The quantitative estimate of drug-likeness (QED) is 0.800. The summed E-state index contributed by atoms with van der Waals surface area (Å²) in [5, 5.41) is 3.02. The molecule has 0 heterocycles. The van der Waals surface area contributed by atoms with Crippen LogP contribution >= 0.6 is 12.4 Å². The SMILES string of the molecule is CC(CC1CCCC1)C(=O)NC(C)(C)CN.Cl. The Morgan fingerprint density at radius 1 is 1.41 bits per heavy atom. The van der Waals surface area contributed by atoms with E-state index in [-0.39, 0.29) is 29.8 Å². The molecule has 1 saturated carbocycles. The summed E-state index contributed by atoms with van der Waals surface area (Å²) in [6, 6.07) is 0. The molecule has 1 amide bonds. The second kappa shape index (κ2) is 7.22. The molecule has 1 fully saturated rings. The van der Waals surface area contributed by atoms with Crippen molar-refractivity contribution in [1.82, 2.24) is 5.32 Å². The highest BCUT2D eigenvalue weighted by molar-refractivity contribution is 5.85. The number of hydrogen-bond donors (Lipinski definition) is 2. The zero-order valence-electron chi connectivity index (χ0n) is 11.3. The summed E-state index contributed by atoms with van der Waals surface area (Å²) >= 11 is 0. The van der Waals surface area contributed by atoms with E-state index in [4.69, 9.17) is 5.73 Å². The fourth-order valence-corrected chi connectivity index (χ4v) is 2.36. The van der Waals surface area contributed by atoms with Gasteiger partial charge in [-0.1, -0.05) is 32.6 Å². The molecular weight excluding hydrogens is 236 g/mol. The van der Waals surface area contributed by atoms with Gasteiger partial charge in [0.25, 0.3) is 0 Å². The minimum Gasteiger partial charge on any atom is -0.350 e. The fourth-order valence-electron chi connectivity index (χ4n) is 2.36. The van der Waals surface area contributed by atoms with Crippen molar-refractivity contribution in [3.63, 3.8) is 0 Å². The van der Waals surface area contributed by atoms with Gasteiger partial charge in [-0.05, 0) is 26.2 Å². The molecule has 0 saturated heterocycles. The molecule has 0 bridgehead atoms. The van der Waals surface area contributed by atoms with Crippen LogP contribution in [0, 0.1) is 11.8 Å². The van der Waals surface area contributed by atoms with Crippen LogP contribution in [0.5, 0.6) is 0 Å². The maximum Gasteiger partial charge on any atom is 0.223 e. The summed E-state index contributed by atoms with van der Waals surface area (Å²) in [6.45, 7) is 6.44. The fraction of sp³-hybridized carbons (Fsp3) is 0.923. The third kappa shape index (κ3) is 5.73. The molecule has 0 aromatic heterocycles. The van der Waals surface area contributed by atoms with Gasteiger partial charge in [0.15, 0.2) is 0 Å². The lowest BCUT2D eigenvalue weighted by molar-refractivity contribution is -0.126. The van der Waals surface area contributed by atoms with Gasteiger partial charge >= 0.3 is 0 Å². The molecule has 0 aromatic carbocycles. The Balaban J connectivity index is 0.00000256. The molecule has 17 heavy (non-hydrogen) atoms. The molecule has 3 nitrogen and oxygen atoms in total. The van der Waals surface area contributed by atoms with E-state index in [1.54, 1.807) is 0 Å². The average molecular weight is 263 g/mol. The number of amides is 1. The van der Waals surface area contributed by atoms with Gasteiger partial charge in [-0.25, -0.2) is 0 Å². The Bertz CT molecular complexity index is 238. The van der Waals surface area contributed by atoms with Crippen LogP contribution in [0.3, 0.4) is 0 Å². The number of nitrogens with two attached hydrogens (primary N) is 1. The van der Waals surface area contributed by atoms with Crippen molar-refractivity contribution in [2.75, 3.05) is 6.54 Å². The Kier molecular flexibility index (Phi) is 7.10. The van der Waals surface area contributed by atoms with Gasteiger partial charge in [-0.3, -0.25) is 4.79 Å². The van der Waals surface area contributed by atoms with E-state index in [1.807, 2.05) is 20.8 Å². The molecule has 1 aliphatic carbocycles. The Morgan fingerprint density at radius 2 is 1.94 bits per heavy atom. The molecule has 1 unspecified atom stereocenters. The van der Waals surface area contributed by atoms with Crippen LogP contribution in [0.15, 0.2) is 0 Å². The maximum absolute atomic E-state index is 11.9. The van der Waals surface area contributed by atoms with Crippen LogP contribution in [0.2, 0.25) is 0 Å². The number of halogens is 1. The minimum atomic E-state index is -0.277. The van der Waals surface area contributed by atoms with Crippen LogP contribution in [0.25, 0.3) is 0 Å². The summed E-state index contributed by atoms with van der Waals surface area (Å²) in [4.78, 5) is 11.9. The van der Waals surface area contributed by atoms with Crippen molar-refractivity contribution < 1.29 is 4.79 Å². The first kappa shape index (κ1) is 16.7. The van der Waals surface area contributed by atoms with Gasteiger partial charge in [-0.15, -0.1) is 12.4 Å². The molecule has 0 aliphatic heterocycles. The van der Waals surface area contributed by atoms with E-state index in [0.717, 1.165) is 12.3 Å². The minimum absolute atomic E-state index is 0. The molecular formula is C13H27ClN2O. The summed E-state index contributed by atoms with van der Waals surface area (Å²) < 4.78 is 0. The number of nitrogens with one attached hydrogen (secondary N) is 1. The smallest absolute Gasteiger partial charge is 0.223 e. The maximum atomic E-state index is 11.9. The molecule has 0 radical (unpaired) electrons. The Labute approximate surface area is 111 Å². The van der Waals surface area contributed by atoms with E-state index in [2.05, 4.69) is 5.32 Å². The van der Waals surface area contributed by atoms with E-state index in [1.165, 1.54) is 25.7 Å². The van der Waals surface area contributed by atoms with Gasteiger partial charge in [0.05, 0.1) is 0 Å². The number of hydrogen-bond acceptors (Lipinski definition) is 2. The number of carbonyl (C=O) groups is 1. The highest BCUT2D eigenvalue weighted by Crippen LogP contribution is 2.30. The molecule has 1 aliphatic rings. The van der Waals surface area contributed by atoms with E-state index in [9.17, 15) is 4.79 Å². The Hall–Kier alpha value is -0.280. The lowest BCUT2D eigenvalue weighted by atomic mass is 9.93. The predicted molar refractivity (Wildman–Crippen MR) is 74.3 cm³/mol. The lowest BCUT2D eigenvalue weighted by Crippen LogP contribution is -2.50. The molecule has 102 valence electrons. The summed E-state index contributed by atoms with van der Waals surface area (Å²) in [5.74, 6) is 1.04. The van der Waals surface area contributed by atoms with E-state index in [0.29, 0.717) is 6.54 Å². The average Bonchev–Trinajstić information content (AvgIpc) is 2.69. The molecule has 0 aromatic rings. The van der Waals surface area contributed by atoms with Crippen LogP contribution < -0.4 is 11.1 Å². The first-order valence-corrected chi connectivity index (χ1v) is 6.46. The van der Waals surface area contributed by atoms with Crippen molar-refractivity contribution >= 4 is 18.3 Å². The van der Waals surface area contributed by atoms with Gasteiger partial charge in [0.1, 0.15) is 0 Å². The number of carbonyl (C=O) groups excluding carboxylic acids is 1. The van der Waals surface area contributed by atoms with Crippen LogP contribution in [-0.2, 0) is 4.79 Å². The zero-order chi connectivity index (χ0) is 12.2. The van der Waals surface area contributed by atoms with E-state index < -0.39 is 0 Å². The zero-order valence-corrected chi connectivity index (χ0v) is 12.1. The van der Waals surface area contributed by atoms with Crippen molar-refractivity contribution in [1.29, 1.82) is 0 Å².